The Hall–Kier alpha value is -3.08. The molecule has 0 aliphatic rings. The van der Waals surface area contributed by atoms with E-state index in [-0.39, 0.29) is 0 Å². The summed E-state index contributed by atoms with van der Waals surface area (Å²) in [5, 5.41) is 3.89. The number of amides is 1. The molecule has 0 saturated heterocycles. The van der Waals surface area contributed by atoms with Gasteiger partial charge in [0, 0.05) is 28.5 Å². The molecule has 23 heavy (non-hydrogen) atoms. The van der Waals surface area contributed by atoms with Crippen molar-refractivity contribution in [2.75, 3.05) is 5.32 Å². The average molecular weight is 304 g/mol. The lowest BCUT2D eigenvalue weighted by atomic mass is 10.1. The van der Waals surface area contributed by atoms with Crippen molar-refractivity contribution in [3.05, 3.63) is 54.5 Å². The summed E-state index contributed by atoms with van der Waals surface area (Å²) in [7, 11) is 0. The molecule has 2 N–H and O–H groups in total. The zero-order valence-corrected chi connectivity index (χ0v) is 12.7. The third kappa shape index (κ3) is 2.17. The third-order valence-electron chi connectivity index (χ3n) is 4.18. The smallest absolute Gasteiger partial charge is 0.211 e. The Labute approximate surface area is 133 Å². The molecular formula is C18H16N4O. The molecule has 0 fully saturated rings. The fraction of sp³-hybridized carbons (Fsp3) is 0.111. The van der Waals surface area contributed by atoms with Crippen LogP contribution in [0, 0.1) is 0 Å². The van der Waals surface area contributed by atoms with Gasteiger partial charge in [0.15, 0.2) is 0 Å². The van der Waals surface area contributed by atoms with Crippen LogP contribution in [0.5, 0.6) is 0 Å². The quantitative estimate of drug-likeness (QED) is 0.565. The first-order valence-electron chi connectivity index (χ1n) is 7.58. The van der Waals surface area contributed by atoms with E-state index in [4.69, 9.17) is 0 Å². The van der Waals surface area contributed by atoms with Gasteiger partial charge in [0.1, 0.15) is 6.33 Å². The summed E-state index contributed by atoms with van der Waals surface area (Å²) in [6, 6.07) is 12.1. The molecule has 0 radical (unpaired) electrons. The summed E-state index contributed by atoms with van der Waals surface area (Å²) < 4.78 is 2.06. The highest BCUT2D eigenvalue weighted by Crippen LogP contribution is 2.25. The van der Waals surface area contributed by atoms with Gasteiger partial charge in [-0.2, -0.15) is 0 Å². The van der Waals surface area contributed by atoms with Crippen LogP contribution < -0.4 is 5.32 Å². The highest BCUT2D eigenvalue weighted by molar-refractivity contribution is 5.87. The minimum Gasteiger partial charge on any atom is -0.361 e. The summed E-state index contributed by atoms with van der Waals surface area (Å²) in [5.41, 5.74) is 6.13. The van der Waals surface area contributed by atoms with E-state index in [1.165, 1.54) is 10.9 Å². The molecule has 0 aliphatic heterocycles. The van der Waals surface area contributed by atoms with Gasteiger partial charge >= 0.3 is 0 Å². The van der Waals surface area contributed by atoms with Crippen LogP contribution in [0.25, 0.3) is 27.6 Å². The number of nitrogens with zero attached hydrogens (tertiary/aromatic N) is 2. The zero-order valence-electron chi connectivity index (χ0n) is 12.7. The number of aryl methyl sites for hydroxylation is 1. The van der Waals surface area contributed by atoms with Gasteiger partial charge < -0.3 is 10.3 Å². The van der Waals surface area contributed by atoms with Crippen molar-refractivity contribution in [3.63, 3.8) is 0 Å². The van der Waals surface area contributed by atoms with Crippen molar-refractivity contribution in [2.45, 2.75) is 13.3 Å². The maximum Gasteiger partial charge on any atom is 0.211 e. The number of aromatic nitrogens is 3. The Bertz CT molecular complexity index is 1010. The molecule has 0 unspecified atom stereocenters. The van der Waals surface area contributed by atoms with Gasteiger partial charge in [0.25, 0.3) is 0 Å². The number of benzene rings is 2. The Morgan fingerprint density at radius 2 is 2.17 bits per heavy atom. The van der Waals surface area contributed by atoms with Crippen molar-refractivity contribution < 1.29 is 4.79 Å². The van der Waals surface area contributed by atoms with Crippen molar-refractivity contribution >= 4 is 34.0 Å². The second-order valence-electron chi connectivity index (χ2n) is 5.48. The third-order valence-corrected chi connectivity index (χ3v) is 4.18. The van der Waals surface area contributed by atoms with Crippen LogP contribution in [0.3, 0.4) is 0 Å². The zero-order chi connectivity index (χ0) is 15.8. The van der Waals surface area contributed by atoms with Crippen LogP contribution in [0.4, 0.5) is 5.69 Å². The first kappa shape index (κ1) is 13.6. The summed E-state index contributed by atoms with van der Waals surface area (Å²) >= 11 is 0. The Morgan fingerprint density at radius 3 is 3.00 bits per heavy atom. The number of nitrogens with one attached hydrogen (secondary N) is 2. The molecule has 5 nitrogen and oxygen atoms in total. The minimum absolute atomic E-state index is 0.671. The van der Waals surface area contributed by atoms with Crippen molar-refractivity contribution in [3.8, 4) is 5.69 Å². The van der Waals surface area contributed by atoms with E-state index in [0.717, 1.165) is 34.3 Å². The SMILES string of the molecule is CCc1c[nH]c2ccc(-n3cnc4cc(NC=O)ccc43)cc12. The lowest BCUT2D eigenvalue weighted by molar-refractivity contribution is -0.105. The number of H-pyrrole nitrogens is 1. The first-order chi connectivity index (χ1) is 11.3. The van der Waals surface area contributed by atoms with Crippen LogP contribution in [-0.2, 0) is 11.2 Å². The van der Waals surface area contributed by atoms with Crippen LogP contribution in [0.2, 0.25) is 0 Å². The van der Waals surface area contributed by atoms with E-state index in [2.05, 4.69) is 51.2 Å². The molecule has 5 heteroatoms. The maximum absolute atomic E-state index is 10.6. The number of anilines is 1. The van der Waals surface area contributed by atoms with Gasteiger partial charge in [-0.15, -0.1) is 0 Å². The number of hydrogen-bond acceptors (Lipinski definition) is 2. The van der Waals surface area contributed by atoms with Crippen molar-refractivity contribution in [1.82, 2.24) is 14.5 Å². The van der Waals surface area contributed by atoms with Gasteiger partial charge in [-0.25, -0.2) is 4.98 Å². The molecule has 0 spiro atoms. The highest BCUT2D eigenvalue weighted by atomic mass is 16.1. The number of imidazole rings is 1. The van der Waals surface area contributed by atoms with Crippen LogP contribution in [0.1, 0.15) is 12.5 Å². The Kier molecular flexibility index (Phi) is 3.12. The lowest BCUT2D eigenvalue weighted by Crippen LogP contribution is -1.94. The minimum atomic E-state index is 0.671. The summed E-state index contributed by atoms with van der Waals surface area (Å²) in [6.07, 6.45) is 5.55. The molecule has 4 aromatic rings. The predicted octanol–water partition coefficient (Wildman–Crippen LogP) is 3.64. The van der Waals surface area contributed by atoms with Crippen LogP contribution in [0.15, 0.2) is 48.9 Å². The molecule has 0 saturated carbocycles. The first-order valence-corrected chi connectivity index (χ1v) is 7.58. The van der Waals surface area contributed by atoms with Crippen LogP contribution in [-0.4, -0.2) is 20.9 Å². The van der Waals surface area contributed by atoms with Gasteiger partial charge in [-0.05, 0) is 48.4 Å². The molecule has 2 aromatic heterocycles. The van der Waals surface area contributed by atoms with Crippen molar-refractivity contribution in [1.29, 1.82) is 0 Å². The number of rotatable bonds is 4. The molecular weight excluding hydrogens is 288 g/mol. The van der Waals surface area contributed by atoms with Gasteiger partial charge in [-0.3, -0.25) is 9.36 Å². The molecule has 0 bridgehead atoms. The molecule has 4 rings (SSSR count). The molecule has 2 heterocycles. The summed E-state index contributed by atoms with van der Waals surface area (Å²) in [6.45, 7) is 2.16. The second kappa shape index (κ2) is 5.28. The van der Waals surface area contributed by atoms with E-state index in [1.807, 2.05) is 24.5 Å². The van der Waals surface area contributed by atoms with Gasteiger partial charge in [0.2, 0.25) is 6.41 Å². The Morgan fingerprint density at radius 1 is 1.26 bits per heavy atom. The average Bonchev–Trinajstić information content (AvgIpc) is 3.17. The highest BCUT2D eigenvalue weighted by Gasteiger charge is 2.08. The van der Waals surface area contributed by atoms with Gasteiger partial charge in [-0.1, -0.05) is 6.92 Å². The van der Waals surface area contributed by atoms with Crippen molar-refractivity contribution in [2.24, 2.45) is 0 Å². The van der Waals surface area contributed by atoms with Crippen LogP contribution >= 0.6 is 0 Å². The normalized spacial score (nSPS) is 11.2. The molecule has 114 valence electrons. The number of carbonyl (C=O) groups excluding carboxylic acids is 1. The topological polar surface area (TPSA) is 62.7 Å². The number of hydrogen-bond donors (Lipinski definition) is 2. The lowest BCUT2D eigenvalue weighted by Gasteiger charge is -2.06. The molecule has 1 amide bonds. The number of aromatic amines is 1. The van der Waals surface area contributed by atoms with E-state index in [9.17, 15) is 4.79 Å². The maximum atomic E-state index is 10.6. The van der Waals surface area contributed by atoms with E-state index in [0.29, 0.717) is 6.41 Å². The van der Waals surface area contributed by atoms with E-state index >= 15 is 0 Å². The fourth-order valence-corrected chi connectivity index (χ4v) is 2.99. The summed E-state index contributed by atoms with van der Waals surface area (Å²) in [4.78, 5) is 18.3. The fourth-order valence-electron chi connectivity index (χ4n) is 2.99. The molecule has 0 aliphatic carbocycles. The van der Waals surface area contributed by atoms with Gasteiger partial charge in [0.05, 0.1) is 11.0 Å². The van der Waals surface area contributed by atoms with E-state index in [1.54, 1.807) is 0 Å². The largest absolute Gasteiger partial charge is 0.361 e. The van der Waals surface area contributed by atoms with E-state index < -0.39 is 0 Å². The standard InChI is InChI=1S/C18H16N4O/c1-2-12-9-19-16-5-4-14(8-15(12)16)22-10-20-17-7-13(21-11-23)3-6-18(17)22/h3-11,19H,2H2,1H3,(H,21,23). The summed E-state index contributed by atoms with van der Waals surface area (Å²) in [5.74, 6) is 0. The second-order valence-corrected chi connectivity index (χ2v) is 5.48. The molecule has 0 atom stereocenters. The number of fused-ring (bicyclic) bond motifs is 2. The Balaban J connectivity index is 1.86. The monoisotopic (exact) mass is 304 g/mol. The predicted molar refractivity (Wildman–Crippen MR) is 92.0 cm³/mol. The number of carbonyl (C=O) groups is 1. The molecule has 2 aromatic carbocycles.